The number of aromatic hydroxyl groups is 1. The summed E-state index contributed by atoms with van der Waals surface area (Å²) in [5, 5.41) is 9.96. The first kappa shape index (κ1) is 22.7. The summed E-state index contributed by atoms with van der Waals surface area (Å²) in [5.41, 5.74) is 0.700. The molecule has 0 unspecified atom stereocenters. The van der Waals surface area contributed by atoms with E-state index in [1.165, 1.54) is 26.0 Å². The Bertz CT molecular complexity index is 744. The Morgan fingerprint density at radius 1 is 1.26 bits per heavy atom. The van der Waals surface area contributed by atoms with Crippen LogP contribution in [-0.2, 0) is 14.4 Å². The minimum atomic E-state index is -0.0864. The predicted molar refractivity (Wildman–Crippen MR) is 106 cm³/mol. The Kier molecular flexibility index (Phi) is 9.00. The minimum absolute atomic E-state index is 0.0679. The molecule has 0 aromatic heterocycles. The van der Waals surface area contributed by atoms with Gasteiger partial charge in [-0.2, -0.15) is 9.59 Å². The molecule has 0 bridgehead atoms. The highest BCUT2D eigenvalue weighted by Gasteiger charge is 2.31. The smallest absolute Gasteiger partial charge is 0.373 e. The molecule has 1 fully saturated rings. The van der Waals surface area contributed by atoms with Crippen molar-refractivity contribution in [3.05, 3.63) is 22.6 Å². The van der Waals surface area contributed by atoms with Crippen molar-refractivity contribution in [2.75, 3.05) is 20.8 Å². The number of nitrogens with zero attached hydrogens (tertiary/aromatic N) is 1. The van der Waals surface area contributed by atoms with Crippen LogP contribution in [0, 0.1) is 5.92 Å². The van der Waals surface area contributed by atoms with E-state index in [4.69, 9.17) is 31.3 Å². The van der Waals surface area contributed by atoms with Gasteiger partial charge in [-0.15, -0.1) is 0 Å². The van der Waals surface area contributed by atoms with E-state index in [-0.39, 0.29) is 29.3 Å². The quantitative estimate of drug-likeness (QED) is 0.564. The number of methoxy groups -OCH3 is 2. The van der Waals surface area contributed by atoms with Gasteiger partial charge in [0.15, 0.2) is 11.5 Å². The number of ether oxygens (including phenoxy) is 2. The first-order valence-corrected chi connectivity index (χ1v) is 9.21. The molecule has 0 spiro atoms. The first-order valence-electron chi connectivity index (χ1n) is 7.98. The molecule has 1 aliphatic rings. The van der Waals surface area contributed by atoms with Crippen LogP contribution in [0.1, 0.15) is 25.8 Å². The predicted octanol–water partition coefficient (Wildman–Crippen LogP) is 3.07. The van der Waals surface area contributed by atoms with Crippen LogP contribution < -0.4 is 9.47 Å². The molecule has 1 saturated heterocycles. The molecule has 1 aromatic carbocycles. The summed E-state index contributed by atoms with van der Waals surface area (Å²) in [6.07, 6.45) is 2.89. The molecule has 2 rings (SSSR count). The number of rotatable bonds is 6. The number of amides is 1. The number of thioether (sulfide) groups is 1. The van der Waals surface area contributed by atoms with E-state index in [0.29, 0.717) is 27.3 Å². The second-order valence-electron chi connectivity index (χ2n) is 5.87. The standard InChI is InChI=1S/C17H21NO4S2.CO2/c1-10(2)5-6-18-16(20)14(24-17(18)23)9-11-7-12(21-3)15(19)13(8-11)22-4;2-1-3/h7-10,19H,5-6H2,1-4H3;/b14-9-;. The average Bonchev–Trinajstić information content (AvgIpc) is 2.88. The molecular formula is C18H21NO6S2. The number of carbonyl (C=O) groups is 1. The number of carbonyl (C=O) groups excluding carboxylic acids is 3. The molecule has 1 aliphatic heterocycles. The van der Waals surface area contributed by atoms with Crippen molar-refractivity contribution in [3.8, 4) is 17.2 Å². The summed E-state index contributed by atoms with van der Waals surface area (Å²) < 4.78 is 10.9. The maximum atomic E-state index is 12.5. The summed E-state index contributed by atoms with van der Waals surface area (Å²) in [6, 6.07) is 3.30. The topological polar surface area (TPSA) is 93.1 Å². The largest absolute Gasteiger partial charge is 0.502 e. The van der Waals surface area contributed by atoms with E-state index in [9.17, 15) is 9.90 Å². The van der Waals surface area contributed by atoms with Crippen LogP contribution in [0.3, 0.4) is 0 Å². The molecule has 146 valence electrons. The molecule has 0 atom stereocenters. The van der Waals surface area contributed by atoms with Crippen molar-refractivity contribution >= 4 is 46.4 Å². The van der Waals surface area contributed by atoms with Crippen molar-refractivity contribution in [3.63, 3.8) is 0 Å². The van der Waals surface area contributed by atoms with Crippen LogP contribution in [0.25, 0.3) is 6.08 Å². The molecule has 27 heavy (non-hydrogen) atoms. The molecule has 7 nitrogen and oxygen atoms in total. The van der Waals surface area contributed by atoms with E-state index in [2.05, 4.69) is 13.8 Å². The molecule has 1 N–H and O–H groups in total. The number of thiocarbonyl (C=S) groups is 1. The average molecular weight is 412 g/mol. The third kappa shape index (κ3) is 6.09. The van der Waals surface area contributed by atoms with Crippen molar-refractivity contribution in [2.45, 2.75) is 20.3 Å². The van der Waals surface area contributed by atoms with Gasteiger partial charge in [-0.3, -0.25) is 9.69 Å². The van der Waals surface area contributed by atoms with E-state index >= 15 is 0 Å². The Labute approximate surface area is 167 Å². The molecule has 1 amide bonds. The van der Waals surface area contributed by atoms with Crippen LogP contribution >= 0.6 is 24.0 Å². The lowest BCUT2D eigenvalue weighted by atomic mass is 10.1. The van der Waals surface area contributed by atoms with E-state index in [0.717, 1.165) is 6.42 Å². The summed E-state index contributed by atoms with van der Waals surface area (Å²) in [5.74, 6) is 0.925. The number of benzene rings is 1. The molecule has 1 heterocycles. The van der Waals surface area contributed by atoms with Crippen molar-refractivity contribution < 1.29 is 29.0 Å². The van der Waals surface area contributed by atoms with Crippen LogP contribution in [0.5, 0.6) is 17.2 Å². The van der Waals surface area contributed by atoms with Crippen molar-refractivity contribution in [1.82, 2.24) is 4.90 Å². The molecule has 0 aliphatic carbocycles. The normalized spacial score (nSPS) is 14.9. The van der Waals surface area contributed by atoms with Gasteiger partial charge in [-0.25, -0.2) is 0 Å². The fourth-order valence-electron chi connectivity index (χ4n) is 2.23. The van der Waals surface area contributed by atoms with Crippen molar-refractivity contribution in [2.24, 2.45) is 5.92 Å². The van der Waals surface area contributed by atoms with Gasteiger partial charge in [0, 0.05) is 6.54 Å². The van der Waals surface area contributed by atoms with Crippen LogP contribution in [-0.4, -0.2) is 47.2 Å². The van der Waals surface area contributed by atoms with Gasteiger partial charge in [0.2, 0.25) is 5.75 Å². The number of hydrogen-bond acceptors (Lipinski definition) is 8. The lowest BCUT2D eigenvalue weighted by Gasteiger charge is -2.15. The molecule has 9 heteroatoms. The number of hydrogen-bond donors (Lipinski definition) is 1. The molecule has 0 saturated carbocycles. The second kappa shape index (κ2) is 10.7. The van der Waals surface area contributed by atoms with E-state index in [1.807, 2.05) is 0 Å². The first-order chi connectivity index (χ1) is 12.8. The summed E-state index contributed by atoms with van der Waals surface area (Å²) in [4.78, 5) is 31.0. The third-order valence-electron chi connectivity index (χ3n) is 3.60. The van der Waals surface area contributed by atoms with Gasteiger partial charge in [0.1, 0.15) is 4.32 Å². The fraction of sp³-hybridized carbons (Fsp3) is 0.389. The van der Waals surface area contributed by atoms with Crippen molar-refractivity contribution in [1.29, 1.82) is 0 Å². The second-order valence-corrected chi connectivity index (χ2v) is 7.55. The summed E-state index contributed by atoms with van der Waals surface area (Å²) in [7, 11) is 2.92. The number of phenolic OH excluding ortho intramolecular Hbond substituents is 1. The fourth-order valence-corrected chi connectivity index (χ4v) is 3.54. The number of phenols is 1. The van der Waals surface area contributed by atoms with E-state index < -0.39 is 0 Å². The SMILES string of the molecule is COc1cc(/C=C2\SC(=S)N(CCC(C)C)C2=O)cc(OC)c1O.O=C=O. The Morgan fingerprint density at radius 2 is 1.78 bits per heavy atom. The Morgan fingerprint density at radius 3 is 2.22 bits per heavy atom. The highest BCUT2D eigenvalue weighted by molar-refractivity contribution is 8.26. The summed E-state index contributed by atoms with van der Waals surface area (Å²) in [6.45, 7) is 4.85. The molecule has 0 radical (unpaired) electrons. The van der Waals surface area contributed by atoms with Gasteiger partial charge >= 0.3 is 6.15 Å². The molecule has 1 aromatic rings. The summed E-state index contributed by atoms with van der Waals surface area (Å²) >= 11 is 6.60. The lowest BCUT2D eigenvalue weighted by molar-refractivity contribution is -0.191. The van der Waals surface area contributed by atoms with Crippen LogP contribution in [0.15, 0.2) is 17.0 Å². The third-order valence-corrected chi connectivity index (χ3v) is 4.98. The van der Waals surface area contributed by atoms with Crippen LogP contribution in [0.2, 0.25) is 0 Å². The highest BCUT2D eigenvalue weighted by Crippen LogP contribution is 2.39. The van der Waals surface area contributed by atoms with Gasteiger partial charge in [0.05, 0.1) is 19.1 Å². The van der Waals surface area contributed by atoms with Gasteiger partial charge in [-0.1, -0.05) is 37.8 Å². The Hall–Kier alpha value is -2.35. The zero-order chi connectivity index (χ0) is 20.6. The van der Waals surface area contributed by atoms with Gasteiger partial charge in [-0.05, 0) is 36.1 Å². The molecular weight excluding hydrogens is 390 g/mol. The van der Waals surface area contributed by atoms with Gasteiger partial charge < -0.3 is 14.6 Å². The zero-order valence-corrected chi connectivity index (χ0v) is 17.1. The minimum Gasteiger partial charge on any atom is -0.502 e. The lowest BCUT2D eigenvalue weighted by Crippen LogP contribution is -2.29. The monoisotopic (exact) mass is 411 g/mol. The zero-order valence-electron chi connectivity index (χ0n) is 15.5. The Balaban J connectivity index is 0.00000114. The van der Waals surface area contributed by atoms with Crippen LogP contribution in [0.4, 0.5) is 0 Å². The van der Waals surface area contributed by atoms with E-state index in [1.54, 1.807) is 23.1 Å². The highest BCUT2D eigenvalue weighted by atomic mass is 32.2. The maximum absolute atomic E-state index is 12.5. The maximum Gasteiger partial charge on any atom is 0.373 e. The van der Waals surface area contributed by atoms with Gasteiger partial charge in [0.25, 0.3) is 5.91 Å².